The molecule has 3 heteroatoms. The van der Waals surface area contributed by atoms with Crippen molar-refractivity contribution in [2.45, 2.75) is 25.0 Å². The SMILES string of the molecule is C=CC1CN2CCC1C[C@H]2[C@H](O)c1ccnc2ccccc12. The van der Waals surface area contributed by atoms with Crippen LogP contribution in [0.15, 0.2) is 49.2 Å². The molecule has 3 fully saturated rings. The van der Waals surface area contributed by atoms with E-state index in [1.165, 1.54) is 6.42 Å². The monoisotopic (exact) mass is 294 g/mol. The molecule has 5 atom stereocenters. The average molecular weight is 294 g/mol. The highest BCUT2D eigenvalue weighted by atomic mass is 16.3. The lowest BCUT2D eigenvalue weighted by atomic mass is 9.73. The quantitative estimate of drug-likeness (QED) is 0.883. The predicted molar refractivity (Wildman–Crippen MR) is 88.5 cm³/mol. The Labute approximate surface area is 131 Å². The van der Waals surface area contributed by atoms with Crippen molar-refractivity contribution in [3.63, 3.8) is 0 Å². The van der Waals surface area contributed by atoms with E-state index in [1.54, 1.807) is 0 Å². The maximum atomic E-state index is 11.0. The summed E-state index contributed by atoms with van der Waals surface area (Å²) in [5.74, 6) is 1.27. The number of piperidine rings is 3. The van der Waals surface area contributed by atoms with Gasteiger partial charge in [-0.25, -0.2) is 0 Å². The van der Waals surface area contributed by atoms with E-state index in [0.717, 1.165) is 36.0 Å². The van der Waals surface area contributed by atoms with E-state index >= 15 is 0 Å². The zero-order valence-electron chi connectivity index (χ0n) is 12.7. The molecule has 1 aromatic heterocycles. The lowest BCUT2D eigenvalue weighted by Crippen LogP contribution is -2.54. The Balaban J connectivity index is 1.67. The smallest absolute Gasteiger partial charge is 0.0952 e. The number of benzene rings is 1. The predicted octanol–water partition coefficient (Wildman–Crippen LogP) is 3.16. The Morgan fingerprint density at radius 3 is 2.95 bits per heavy atom. The van der Waals surface area contributed by atoms with Gasteiger partial charge in [-0.15, -0.1) is 6.58 Å². The van der Waals surface area contributed by atoms with Gasteiger partial charge in [0.25, 0.3) is 0 Å². The molecule has 4 heterocycles. The number of fused-ring (bicyclic) bond motifs is 4. The second kappa shape index (κ2) is 5.49. The fourth-order valence-electron chi connectivity index (χ4n) is 4.29. The van der Waals surface area contributed by atoms with Crippen LogP contribution in [0, 0.1) is 11.8 Å². The molecule has 5 rings (SSSR count). The highest BCUT2D eigenvalue weighted by Crippen LogP contribution is 2.41. The first-order chi connectivity index (χ1) is 10.8. The van der Waals surface area contributed by atoms with Gasteiger partial charge in [-0.3, -0.25) is 9.88 Å². The molecule has 3 nitrogen and oxygen atoms in total. The topological polar surface area (TPSA) is 36.4 Å². The lowest BCUT2D eigenvalue weighted by molar-refractivity contribution is -0.0444. The Morgan fingerprint density at radius 2 is 2.18 bits per heavy atom. The van der Waals surface area contributed by atoms with E-state index in [1.807, 2.05) is 30.5 Å². The summed E-state index contributed by atoms with van der Waals surface area (Å²) in [5.41, 5.74) is 1.97. The summed E-state index contributed by atoms with van der Waals surface area (Å²) >= 11 is 0. The summed E-state index contributed by atoms with van der Waals surface area (Å²) < 4.78 is 0. The van der Waals surface area contributed by atoms with Crippen LogP contribution in [-0.4, -0.2) is 34.1 Å². The molecule has 0 amide bonds. The third-order valence-electron chi connectivity index (χ3n) is 5.52. The Kier molecular flexibility index (Phi) is 3.47. The summed E-state index contributed by atoms with van der Waals surface area (Å²) in [7, 11) is 0. The lowest BCUT2D eigenvalue weighted by Gasteiger charge is -2.50. The summed E-state index contributed by atoms with van der Waals surface area (Å²) in [6.07, 6.45) is 5.76. The molecule has 2 aromatic rings. The number of aliphatic hydroxyl groups excluding tert-OH is 1. The van der Waals surface area contributed by atoms with E-state index in [0.29, 0.717) is 11.8 Å². The van der Waals surface area contributed by atoms with Crippen LogP contribution in [0.4, 0.5) is 0 Å². The van der Waals surface area contributed by atoms with Gasteiger partial charge in [-0.05, 0) is 48.9 Å². The van der Waals surface area contributed by atoms with Crippen molar-refractivity contribution in [3.8, 4) is 0 Å². The molecule has 3 aliphatic heterocycles. The normalized spacial score (nSPS) is 32.0. The Morgan fingerprint density at radius 1 is 1.32 bits per heavy atom. The zero-order valence-corrected chi connectivity index (χ0v) is 12.7. The summed E-state index contributed by atoms with van der Waals surface area (Å²) in [6.45, 7) is 6.11. The van der Waals surface area contributed by atoms with Gasteiger partial charge >= 0.3 is 0 Å². The van der Waals surface area contributed by atoms with Crippen LogP contribution < -0.4 is 0 Å². The van der Waals surface area contributed by atoms with Crippen molar-refractivity contribution in [3.05, 3.63) is 54.7 Å². The number of hydrogen-bond acceptors (Lipinski definition) is 3. The van der Waals surface area contributed by atoms with E-state index in [-0.39, 0.29) is 6.04 Å². The van der Waals surface area contributed by atoms with Crippen molar-refractivity contribution in [2.75, 3.05) is 13.1 Å². The molecule has 0 aliphatic carbocycles. The first kappa shape index (κ1) is 13.9. The number of aliphatic hydroxyl groups is 1. The van der Waals surface area contributed by atoms with E-state index in [4.69, 9.17) is 0 Å². The molecule has 22 heavy (non-hydrogen) atoms. The minimum atomic E-state index is -0.443. The number of hydrogen-bond donors (Lipinski definition) is 1. The standard InChI is InChI=1S/C19H22N2O/c1-2-13-12-21-10-8-14(13)11-18(21)19(22)16-7-9-20-17-6-4-3-5-15(16)17/h2-7,9,13-14,18-19,22H,1,8,10-12H2/t13?,14?,18-,19+/m0/s1. The third kappa shape index (κ3) is 2.16. The maximum Gasteiger partial charge on any atom is 0.0952 e. The van der Waals surface area contributed by atoms with Crippen LogP contribution >= 0.6 is 0 Å². The molecule has 3 saturated heterocycles. The van der Waals surface area contributed by atoms with Gasteiger partial charge in [0.2, 0.25) is 0 Å². The molecule has 0 radical (unpaired) electrons. The number of nitrogens with zero attached hydrogens (tertiary/aromatic N) is 2. The summed E-state index contributed by atoms with van der Waals surface area (Å²) in [6, 6.07) is 10.3. The molecule has 0 saturated carbocycles. The minimum absolute atomic E-state index is 0.223. The number of rotatable bonds is 3. The van der Waals surface area contributed by atoms with Gasteiger partial charge in [0.1, 0.15) is 0 Å². The van der Waals surface area contributed by atoms with Crippen molar-refractivity contribution in [2.24, 2.45) is 11.8 Å². The average Bonchev–Trinajstić information content (AvgIpc) is 2.60. The third-order valence-corrected chi connectivity index (χ3v) is 5.52. The first-order valence-corrected chi connectivity index (χ1v) is 8.16. The van der Waals surface area contributed by atoms with Gasteiger partial charge in [-0.2, -0.15) is 0 Å². The van der Waals surface area contributed by atoms with Gasteiger partial charge in [0, 0.05) is 24.2 Å². The number of aromatic nitrogens is 1. The van der Waals surface area contributed by atoms with Crippen molar-refractivity contribution >= 4 is 10.9 Å². The zero-order chi connectivity index (χ0) is 15.1. The molecule has 1 N–H and O–H groups in total. The Hall–Kier alpha value is -1.71. The summed E-state index contributed by atoms with van der Waals surface area (Å²) in [4.78, 5) is 6.86. The second-order valence-corrected chi connectivity index (χ2v) is 6.61. The van der Waals surface area contributed by atoms with Crippen molar-refractivity contribution < 1.29 is 5.11 Å². The van der Waals surface area contributed by atoms with Crippen LogP contribution in [-0.2, 0) is 0 Å². The van der Waals surface area contributed by atoms with Gasteiger partial charge < -0.3 is 5.11 Å². The van der Waals surface area contributed by atoms with Gasteiger partial charge in [-0.1, -0.05) is 24.3 Å². The fraction of sp³-hybridized carbons (Fsp3) is 0.421. The van der Waals surface area contributed by atoms with Crippen molar-refractivity contribution in [1.29, 1.82) is 0 Å². The van der Waals surface area contributed by atoms with Crippen LogP contribution in [0.2, 0.25) is 0 Å². The van der Waals surface area contributed by atoms with E-state index in [2.05, 4.69) is 28.6 Å². The Bertz CT molecular complexity index is 693. The summed E-state index contributed by atoms with van der Waals surface area (Å²) in [5, 5.41) is 12.1. The number of para-hydroxylation sites is 1. The molecule has 0 spiro atoms. The maximum absolute atomic E-state index is 11.0. The molecule has 3 aliphatic rings. The van der Waals surface area contributed by atoms with Crippen LogP contribution in [0.1, 0.15) is 24.5 Å². The molecule has 3 unspecified atom stereocenters. The minimum Gasteiger partial charge on any atom is -0.387 e. The first-order valence-electron chi connectivity index (χ1n) is 8.16. The van der Waals surface area contributed by atoms with Crippen LogP contribution in [0.3, 0.4) is 0 Å². The highest BCUT2D eigenvalue weighted by Gasteiger charge is 2.42. The molecule has 114 valence electrons. The second-order valence-electron chi connectivity index (χ2n) is 6.61. The molecule has 2 bridgehead atoms. The van der Waals surface area contributed by atoms with E-state index < -0.39 is 6.10 Å². The number of pyridine rings is 1. The highest BCUT2D eigenvalue weighted by molar-refractivity contribution is 5.82. The van der Waals surface area contributed by atoms with Gasteiger partial charge in [0.05, 0.1) is 11.6 Å². The van der Waals surface area contributed by atoms with Crippen LogP contribution in [0.25, 0.3) is 10.9 Å². The fourth-order valence-corrected chi connectivity index (χ4v) is 4.29. The molecular weight excluding hydrogens is 272 g/mol. The van der Waals surface area contributed by atoms with Gasteiger partial charge in [0.15, 0.2) is 0 Å². The van der Waals surface area contributed by atoms with Crippen LogP contribution in [0.5, 0.6) is 0 Å². The van der Waals surface area contributed by atoms with Crippen molar-refractivity contribution in [1.82, 2.24) is 9.88 Å². The van der Waals surface area contributed by atoms with E-state index in [9.17, 15) is 5.11 Å². The molecule has 1 aromatic carbocycles. The largest absolute Gasteiger partial charge is 0.387 e. The molecular formula is C19H22N2O.